The van der Waals surface area contributed by atoms with E-state index in [1.807, 2.05) is 18.3 Å². The maximum atomic E-state index is 15.7. The van der Waals surface area contributed by atoms with Crippen molar-refractivity contribution in [2.75, 3.05) is 24.5 Å². The van der Waals surface area contributed by atoms with Crippen molar-refractivity contribution in [2.24, 2.45) is 17.3 Å². The van der Waals surface area contributed by atoms with E-state index in [1.165, 1.54) is 11.1 Å². The molecular formula is C32H33F2N3O. The average molecular weight is 514 g/mol. The van der Waals surface area contributed by atoms with Crippen LogP contribution in [-0.2, 0) is 17.8 Å². The number of anilines is 1. The van der Waals surface area contributed by atoms with Crippen LogP contribution < -0.4 is 4.90 Å². The van der Waals surface area contributed by atoms with Crippen molar-refractivity contribution in [3.05, 3.63) is 89.6 Å². The molecule has 3 aromatic rings. The summed E-state index contributed by atoms with van der Waals surface area (Å²) in [6.45, 7) is 1.42. The SMILES string of the molecule is Oc1ccc2c(c1)C13CCN(CC(F)(F)c4ccccc4)C(C2)C12CCC1C3[C@@H](CN1c1ccccn1)C2. The van der Waals surface area contributed by atoms with Gasteiger partial charge in [0, 0.05) is 35.8 Å². The van der Waals surface area contributed by atoms with Crippen LogP contribution in [0.4, 0.5) is 14.6 Å². The number of rotatable bonds is 4. The summed E-state index contributed by atoms with van der Waals surface area (Å²) in [5, 5.41) is 10.6. The number of benzene rings is 2. The third kappa shape index (κ3) is 2.85. The van der Waals surface area contributed by atoms with Gasteiger partial charge in [-0.05, 0) is 91.3 Å². The van der Waals surface area contributed by atoms with Gasteiger partial charge in [-0.25, -0.2) is 4.98 Å². The number of nitrogens with zero attached hydrogens (tertiary/aromatic N) is 3. The fourth-order valence-electron chi connectivity index (χ4n) is 10.1. The summed E-state index contributed by atoms with van der Waals surface area (Å²) in [6.07, 6.45) is 6.73. The van der Waals surface area contributed by atoms with Crippen molar-refractivity contribution >= 4 is 5.82 Å². The number of hydrogen-bond donors (Lipinski definition) is 1. The van der Waals surface area contributed by atoms with Gasteiger partial charge in [0.25, 0.3) is 5.92 Å². The lowest BCUT2D eigenvalue weighted by molar-refractivity contribution is -0.127. The Hall–Kier alpha value is -2.99. The fourth-order valence-corrected chi connectivity index (χ4v) is 10.1. The van der Waals surface area contributed by atoms with Crippen molar-refractivity contribution in [1.29, 1.82) is 0 Å². The van der Waals surface area contributed by atoms with Crippen LogP contribution in [0.25, 0.3) is 0 Å². The van der Waals surface area contributed by atoms with Crippen LogP contribution in [-0.4, -0.2) is 46.7 Å². The number of halogens is 2. The molecule has 5 unspecified atom stereocenters. The van der Waals surface area contributed by atoms with E-state index in [0.29, 0.717) is 30.2 Å². The number of likely N-dealkylation sites (tertiary alicyclic amines) is 1. The molecule has 5 aliphatic rings. The molecule has 2 saturated heterocycles. The van der Waals surface area contributed by atoms with Gasteiger partial charge in [0.15, 0.2) is 0 Å². The van der Waals surface area contributed by atoms with E-state index in [9.17, 15) is 5.11 Å². The zero-order chi connectivity index (χ0) is 25.7. The smallest absolute Gasteiger partial charge is 0.285 e. The van der Waals surface area contributed by atoms with Gasteiger partial charge in [-0.15, -0.1) is 0 Å². The Morgan fingerprint density at radius 2 is 1.87 bits per heavy atom. The number of pyridine rings is 1. The van der Waals surface area contributed by atoms with Crippen molar-refractivity contribution in [2.45, 2.75) is 55.5 Å². The van der Waals surface area contributed by atoms with E-state index < -0.39 is 5.92 Å². The zero-order valence-corrected chi connectivity index (χ0v) is 21.4. The summed E-state index contributed by atoms with van der Waals surface area (Å²) in [5.41, 5.74) is 2.55. The van der Waals surface area contributed by atoms with Gasteiger partial charge in [-0.3, -0.25) is 4.90 Å². The fraction of sp³-hybridized carbons (Fsp3) is 0.469. The van der Waals surface area contributed by atoms with E-state index >= 15 is 8.78 Å². The number of piperidine rings is 1. The van der Waals surface area contributed by atoms with Gasteiger partial charge >= 0.3 is 0 Å². The minimum atomic E-state index is -2.89. The normalized spacial score (nSPS) is 35.2. The van der Waals surface area contributed by atoms with Crippen LogP contribution in [0, 0.1) is 17.3 Å². The predicted molar refractivity (Wildman–Crippen MR) is 142 cm³/mol. The Bertz CT molecular complexity index is 1380. The van der Waals surface area contributed by atoms with Crippen LogP contribution >= 0.6 is 0 Å². The van der Waals surface area contributed by atoms with Gasteiger partial charge < -0.3 is 10.0 Å². The highest BCUT2D eigenvalue weighted by atomic mass is 19.3. The van der Waals surface area contributed by atoms with Crippen LogP contribution in [0.2, 0.25) is 0 Å². The first kappa shape index (κ1) is 22.9. The van der Waals surface area contributed by atoms with Crippen molar-refractivity contribution < 1.29 is 13.9 Å². The highest BCUT2D eigenvalue weighted by Gasteiger charge is 2.76. The third-order valence-electron chi connectivity index (χ3n) is 11.1. The van der Waals surface area contributed by atoms with E-state index in [0.717, 1.165) is 44.5 Å². The molecule has 2 aliphatic heterocycles. The Kier molecular flexibility index (Phi) is 4.70. The van der Waals surface area contributed by atoms with E-state index in [4.69, 9.17) is 4.98 Å². The highest BCUT2D eigenvalue weighted by molar-refractivity contribution is 5.54. The summed E-state index contributed by atoms with van der Waals surface area (Å²) >= 11 is 0. The summed E-state index contributed by atoms with van der Waals surface area (Å²) in [4.78, 5) is 9.41. The van der Waals surface area contributed by atoms with Crippen molar-refractivity contribution in [3.63, 3.8) is 0 Å². The number of alkyl halides is 2. The monoisotopic (exact) mass is 513 g/mol. The first-order chi connectivity index (χ1) is 18.4. The van der Waals surface area contributed by atoms with Crippen LogP contribution in [0.3, 0.4) is 0 Å². The molecule has 4 nitrogen and oxygen atoms in total. The Morgan fingerprint density at radius 3 is 2.68 bits per heavy atom. The number of fused-ring (bicyclic) bond motifs is 1. The topological polar surface area (TPSA) is 39.6 Å². The van der Waals surface area contributed by atoms with Gasteiger partial charge in [0.05, 0.1) is 6.54 Å². The highest BCUT2D eigenvalue weighted by Crippen LogP contribution is 2.75. The number of hydrogen-bond acceptors (Lipinski definition) is 4. The van der Waals surface area contributed by atoms with E-state index in [2.05, 4.69) is 28.0 Å². The molecule has 6 heteroatoms. The molecule has 0 spiro atoms. The van der Waals surface area contributed by atoms with Gasteiger partial charge in [-0.2, -0.15) is 8.78 Å². The Morgan fingerprint density at radius 1 is 1.03 bits per heavy atom. The summed E-state index contributed by atoms with van der Waals surface area (Å²) in [5.74, 6) is -0.551. The molecule has 3 heterocycles. The lowest BCUT2D eigenvalue weighted by Gasteiger charge is -2.66. The molecule has 1 aromatic heterocycles. The second-order valence-corrected chi connectivity index (χ2v) is 12.4. The third-order valence-corrected chi connectivity index (χ3v) is 11.1. The summed E-state index contributed by atoms with van der Waals surface area (Å²) in [7, 11) is 0. The summed E-state index contributed by atoms with van der Waals surface area (Å²) < 4.78 is 31.4. The second kappa shape index (κ2) is 7.78. The molecule has 0 amide bonds. The maximum Gasteiger partial charge on any atom is 0.285 e. The molecule has 1 N–H and O–H groups in total. The molecule has 6 atom stereocenters. The molecular weight excluding hydrogens is 480 g/mol. The molecule has 2 aromatic carbocycles. The van der Waals surface area contributed by atoms with Gasteiger partial charge in [-0.1, -0.05) is 42.5 Å². The largest absolute Gasteiger partial charge is 0.508 e. The van der Waals surface area contributed by atoms with Crippen molar-refractivity contribution in [3.8, 4) is 5.75 Å². The van der Waals surface area contributed by atoms with Crippen molar-refractivity contribution in [1.82, 2.24) is 9.88 Å². The predicted octanol–water partition coefficient (Wildman–Crippen LogP) is 5.75. The molecule has 0 radical (unpaired) electrons. The second-order valence-electron chi connectivity index (χ2n) is 12.4. The molecule has 4 bridgehead atoms. The minimum absolute atomic E-state index is 0.0269. The molecule has 196 valence electrons. The average Bonchev–Trinajstić information content (AvgIpc) is 3.38. The van der Waals surface area contributed by atoms with Crippen LogP contribution in [0.1, 0.15) is 42.4 Å². The molecule has 4 fully saturated rings. The summed E-state index contributed by atoms with van der Waals surface area (Å²) in [6, 6.07) is 20.9. The molecule has 3 aliphatic carbocycles. The Labute approximate surface area is 222 Å². The zero-order valence-electron chi connectivity index (χ0n) is 21.4. The molecule has 8 rings (SSSR count). The molecule has 38 heavy (non-hydrogen) atoms. The number of aromatic nitrogens is 1. The lowest BCUT2D eigenvalue weighted by atomic mass is 9.43. The standard InChI is InChI=1S/C32H33F2N3O/c33-32(34,23-6-2-1-3-7-23)20-36-15-13-31-25-17-24(38)10-9-21(25)16-27(36)30(31)12-11-26-29(31)22(18-30)19-37(26)28-8-4-5-14-35-28/h1-10,14,17,22,26-27,29,38H,11-13,15-16,18-20H2/t22-,26?,27?,29?,30?,31?/m1/s1. The first-order valence-corrected chi connectivity index (χ1v) is 14.1. The minimum Gasteiger partial charge on any atom is -0.508 e. The lowest BCUT2D eigenvalue weighted by Crippen LogP contribution is -2.70. The number of phenols is 1. The van der Waals surface area contributed by atoms with Gasteiger partial charge in [0.1, 0.15) is 11.6 Å². The first-order valence-electron chi connectivity index (χ1n) is 14.1. The number of phenolic OH excluding ortho intramolecular Hbond substituents is 1. The molecule has 2 saturated carbocycles. The Balaban J connectivity index is 1.23. The number of aromatic hydroxyl groups is 1. The van der Waals surface area contributed by atoms with Crippen LogP contribution in [0.5, 0.6) is 5.75 Å². The van der Waals surface area contributed by atoms with E-state index in [-0.39, 0.29) is 29.0 Å². The van der Waals surface area contributed by atoms with Gasteiger partial charge in [0.2, 0.25) is 0 Å². The van der Waals surface area contributed by atoms with E-state index in [1.54, 1.807) is 36.4 Å². The maximum absolute atomic E-state index is 15.7. The quantitative estimate of drug-likeness (QED) is 0.482. The van der Waals surface area contributed by atoms with Crippen LogP contribution in [0.15, 0.2) is 72.9 Å².